The molecule has 0 aliphatic heterocycles. The second-order valence-electron chi connectivity index (χ2n) is 5.02. The fourth-order valence-corrected chi connectivity index (χ4v) is 1.74. The lowest BCUT2D eigenvalue weighted by Crippen LogP contribution is -2.41. The second kappa shape index (κ2) is 8.37. The monoisotopic (exact) mass is 284 g/mol. The molecular weight excluding hydrogens is 261 g/mol. The summed E-state index contributed by atoms with van der Waals surface area (Å²) in [6, 6.07) is -0.168. The van der Waals surface area contributed by atoms with E-state index in [0.29, 0.717) is 19.5 Å². The number of likely N-dealkylation sites (N-methyl/N-ethyl adjacent to an activating group) is 1. The molecule has 0 radical (unpaired) electrons. The number of alkyl halides is 3. The van der Waals surface area contributed by atoms with Crippen molar-refractivity contribution in [1.82, 2.24) is 9.80 Å². The van der Waals surface area contributed by atoms with Crippen LogP contribution in [0.3, 0.4) is 0 Å². The zero-order valence-electron chi connectivity index (χ0n) is 11.7. The summed E-state index contributed by atoms with van der Waals surface area (Å²) in [5.74, 6) is -0.957. The van der Waals surface area contributed by atoms with Crippen LogP contribution in [0.4, 0.5) is 13.2 Å². The Morgan fingerprint density at radius 2 is 1.84 bits per heavy atom. The van der Waals surface area contributed by atoms with Gasteiger partial charge in [-0.2, -0.15) is 13.2 Å². The number of carbonyl (C=O) groups is 1. The van der Waals surface area contributed by atoms with Gasteiger partial charge >= 0.3 is 12.1 Å². The highest BCUT2D eigenvalue weighted by molar-refractivity contribution is 5.69. The number of carboxylic acids is 1. The van der Waals surface area contributed by atoms with E-state index < -0.39 is 18.6 Å². The van der Waals surface area contributed by atoms with Gasteiger partial charge < -0.3 is 10.0 Å². The molecule has 0 aliphatic rings. The lowest BCUT2D eigenvalue weighted by Gasteiger charge is -2.28. The molecule has 0 bridgehead atoms. The fourth-order valence-electron chi connectivity index (χ4n) is 1.74. The molecule has 0 aromatic heterocycles. The molecule has 0 aliphatic carbocycles. The standard InChI is InChI=1S/C12H23F3N2O2/c1-10(5-4-6-12(13,14)15)17(9-11(18)19)8-7-16(2)3/h10H,4-9H2,1-3H3,(H,18,19). The van der Waals surface area contributed by atoms with Crippen molar-refractivity contribution in [3.63, 3.8) is 0 Å². The van der Waals surface area contributed by atoms with Gasteiger partial charge in [-0.25, -0.2) is 0 Å². The van der Waals surface area contributed by atoms with Crippen molar-refractivity contribution in [2.24, 2.45) is 0 Å². The highest BCUT2D eigenvalue weighted by atomic mass is 19.4. The summed E-state index contributed by atoms with van der Waals surface area (Å²) < 4.78 is 36.2. The maximum absolute atomic E-state index is 12.1. The van der Waals surface area contributed by atoms with Gasteiger partial charge in [0, 0.05) is 25.6 Å². The molecule has 1 N–H and O–H groups in total. The third kappa shape index (κ3) is 10.8. The summed E-state index contributed by atoms with van der Waals surface area (Å²) in [6.07, 6.45) is -4.57. The molecule has 0 saturated heterocycles. The minimum absolute atomic E-state index is 0.0305. The largest absolute Gasteiger partial charge is 0.480 e. The summed E-state index contributed by atoms with van der Waals surface area (Å²) in [5, 5.41) is 8.82. The van der Waals surface area contributed by atoms with Crippen LogP contribution < -0.4 is 0 Å². The normalized spacial score (nSPS) is 14.1. The van der Waals surface area contributed by atoms with Gasteiger partial charge in [-0.1, -0.05) is 0 Å². The Kier molecular flexibility index (Phi) is 8.01. The van der Waals surface area contributed by atoms with E-state index in [-0.39, 0.29) is 19.0 Å². The van der Waals surface area contributed by atoms with E-state index in [1.807, 2.05) is 19.0 Å². The van der Waals surface area contributed by atoms with E-state index >= 15 is 0 Å². The van der Waals surface area contributed by atoms with Crippen LogP contribution in [0.5, 0.6) is 0 Å². The molecule has 0 heterocycles. The van der Waals surface area contributed by atoms with Crippen molar-refractivity contribution in [2.75, 3.05) is 33.7 Å². The highest BCUT2D eigenvalue weighted by Gasteiger charge is 2.27. The molecule has 19 heavy (non-hydrogen) atoms. The van der Waals surface area contributed by atoms with Gasteiger partial charge in [-0.3, -0.25) is 9.69 Å². The van der Waals surface area contributed by atoms with Gasteiger partial charge in [0.05, 0.1) is 6.54 Å². The van der Waals surface area contributed by atoms with E-state index in [2.05, 4.69) is 0 Å². The van der Waals surface area contributed by atoms with E-state index in [0.717, 1.165) is 0 Å². The van der Waals surface area contributed by atoms with E-state index in [4.69, 9.17) is 5.11 Å². The van der Waals surface area contributed by atoms with Crippen molar-refractivity contribution in [2.45, 2.75) is 38.4 Å². The minimum atomic E-state index is -4.14. The van der Waals surface area contributed by atoms with Crippen LogP contribution in [-0.2, 0) is 4.79 Å². The number of hydrogen-bond donors (Lipinski definition) is 1. The first kappa shape index (κ1) is 18.2. The molecule has 0 spiro atoms. The third-order valence-electron chi connectivity index (χ3n) is 2.88. The van der Waals surface area contributed by atoms with Gasteiger partial charge in [0.15, 0.2) is 0 Å². The number of nitrogens with zero attached hydrogens (tertiary/aromatic N) is 2. The van der Waals surface area contributed by atoms with Gasteiger partial charge in [-0.15, -0.1) is 0 Å². The fraction of sp³-hybridized carbons (Fsp3) is 0.917. The van der Waals surface area contributed by atoms with Crippen molar-refractivity contribution in [1.29, 1.82) is 0 Å². The number of halogens is 3. The molecule has 7 heteroatoms. The Morgan fingerprint density at radius 1 is 1.26 bits per heavy atom. The topological polar surface area (TPSA) is 43.8 Å². The lowest BCUT2D eigenvalue weighted by molar-refractivity contribution is -0.140. The molecule has 0 aromatic carbocycles. The molecule has 0 saturated carbocycles. The predicted molar refractivity (Wildman–Crippen MR) is 67.1 cm³/mol. The average molecular weight is 284 g/mol. The first-order valence-electron chi connectivity index (χ1n) is 6.29. The van der Waals surface area contributed by atoms with Gasteiger partial charge in [0.2, 0.25) is 0 Å². The van der Waals surface area contributed by atoms with Crippen molar-refractivity contribution in [3.05, 3.63) is 0 Å². The summed E-state index contributed by atoms with van der Waals surface area (Å²) >= 11 is 0. The minimum Gasteiger partial charge on any atom is -0.480 e. The van der Waals surface area contributed by atoms with Gasteiger partial charge in [0.25, 0.3) is 0 Å². The van der Waals surface area contributed by atoms with Crippen LogP contribution in [0.25, 0.3) is 0 Å². The molecule has 0 fully saturated rings. The number of rotatable bonds is 9. The van der Waals surface area contributed by atoms with Crippen LogP contribution in [0, 0.1) is 0 Å². The third-order valence-corrected chi connectivity index (χ3v) is 2.88. The molecule has 1 unspecified atom stereocenters. The van der Waals surface area contributed by atoms with Crippen molar-refractivity contribution >= 4 is 5.97 Å². The summed E-state index contributed by atoms with van der Waals surface area (Å²) in [7, 11) is 3.74. The summed E-state index contributed by atoms with van der Waals surface area (Å²) in [6.45, 7) is 2.85. The van der Waals surface area contributed by atoms with Gasteiger partial charge in [0.1, 0.15) is 0 Å². The van der Waals surface area contributed by atoms with Crippen LogP contribution in [-0.4, -0.2) is 66.8 Å². The van der Waals surface area contributed by atoms with Crippen LogP contribution >= 0.6 is 0 Å². The van der Waals surface area contributed by atoms with Crippen molar-refractivity contribution < 1.29 is 23.1 Å². The maximum Gasteiger partial charge on any atom is 0.389 e. The molecular formula is C12H23F3N2O2. The van der Waals surface area contributed by atoms with Crippen LogP contribution in [0.2, 0.25) is 0 Å². The predicted octanol–water partition coefficient (Wildman–Crippen LogP) is 2.06. The van der Waals surface area contributed by atoms with Crippen LogP contribution in [0.15, 0.2) is 0 Å². The molecule has 0 rings (SSSR count). The Labute approximate surface area is 112 Å². The highest BCUT2D eigenvalue weighted by Crippen LogP contribution is 2.23. The molecule has 1 atom stereocenters. The summed E-state index contributed by atoms with van der Waals surface area (Å²) in [5.41, 5.74) is 0. The number of aliphatic carboxylic acids is 1. The molecule has 4 nitrogen and oxygen atoms in total. The lowest BCUT2D eigenvalue weighted by atomic mass is 10.1. The Hall–Kier alpha value is -0.820. The second-order valence-corrected chi connectivity index (χ2v) is 5.02. The smallest absolute Gasteiger partial charge is 0.389 e. The molecule has 0 amide bonds. The first-order valence-corrected chi connectivity index (χ1v) is 6.29. The maximum atomic E-state index is 12.1. The van der Waals surface area contributed by atoms with E-state index in [9.17, 15) is 18.0 Å². The Morgan fingerprint density at radius 3 is 2.26 bits per heavy atom. The zero-order chi connectivity index (χ0) is 15.1. The quantitative estimate of drug-likeness (QED) is 0.704. The van der Waals surface area contributed by atoms with E-state index in [1.54, 1.807) is 11.8 Å². The first-order chi connectivity index (χ1) is 8.61. The number of carboxylic acid groups (broad SMARTS) is 1. The number of hydrogen-bond acceptors (Lipinski definition) is 3. The van der Waals surface area contributed by atoms with E-state index in [1.165, 1.54) is 0 Å². The Bertz CT molecular complexity index is 270. The molecule has 114 valence electrons. The summed E-state index contributed by atoms with van der Waals surface area (Å²) in [4.78, 5) is 14.4. The average Bonchev–Trinajstić information content (AvgIpc) is 2.21. The van der Waals surface area contributed by atoms with Gasteiger partial charge in [-0.05, 0) is 33.9 Å². The Balaban J connectivity index is 4.21. The SMILES string of the molecule is CC(CCCC(F)(F)F)N(CCN(C)C)CC(=O)O. The zero-order valence-corrected chi connectivity index (χ0v) is 11.7. The van der Waals surface area contributed by atoms with Crippen molar-refractivity contribution in [3.8, 4) is 0 Å². The van der Waals surface area contributed by atoms with Crippen LogP contribution in [0.1, 0.15) is 26.2 Å². The molecule has 0 aromatic rings.